The number of fused-ring (bicyclic) bond motifs is 1. The topological polar surface area (TPSA) is 75.8 Å². The fourth-order valence-electron chi connectivity index (χ4n) is 2.34. The predicted molar refractivity (Wildman–Crippen MR) is 86.9 cm³/mol. The Bertz CT molecular complexity index is 637. The second-order valence-corrected chi connectivity index (χ2v) is 5.53. The first-order valence-corrected chi connectivity index (χ1v) is 7.33. The molecule has 0 aromatic heterocycles. The number of rotatable bonds is 6. The van der Waals surface area contributed by atoms with E-state index in [4.69, 9.17) is 10.5 Å². The summed E-state index contributed by atoms with van der Waals surface area (Å²) in [5, 5.41) is 12.1. The monoisotopic (exact) mass is 302 g/mol. The van der Waals surface area contributed by atoms with Crippen LogP contribution in [0.15, 0.2) is 42.5 Å². The van der Waals surface area contributed by atoms with E-state index in [1.165, 1.54) is 4.90 Å². The molecule has 5 heteroatoms. The highest BCUT2D eigenvalue weighted by Crippen LogP contribution is 2.25. The number of nitrogens with zero attached hydrogens (tertiary/aromatic N) is 1. The average Bonchev–Trinajstić information content (AvgIpc) is 2.49. The molecule has 3 N–H and O–H groups in total. The first-order chi connectivity index (χ1) is 10.5. The Labute approximate surface area is 130 Å². The summed E-state index contributed by atoms with van der Waals surface area (Å²) in [6.45, 7) is 3.95. The van der Waals surface area contributed by atoms with Crippen molar-refractivity contribution in [3.05, 3.63) is 42.5 Å². The smallest absolute Gasteiger partial charge is 0.315 e. The molecule has 22 heavy (non-hydrogen) atoms. The Morgan fingerprint density at radius 3 is 2.59 bits per heavy atom. The number of amides is 2. The maximum atomic E-state index is 11.3. The van der Waals surface area contributed by atoms with E-state index in [9.17, 15) is 9.90 Å². The maximum absolute atomic E-state index is 11.3. The van der Waals surface area contributed by atoms with Crippen LogP contribution in [0, 0.1) is 0 Å². The summed E-state index contributed by atoms with van der Waals surface area (Å²) >= 11 is 0. The highest BCUT2D eigenvalue weighted by molar-refractivity contribution is 5.88. The molecule has 5 nitrogen and oxygen atoms in total. The first kappa shape index (κ1) is 16.1. The lowest BCUT2D eigenvalue weighted by atomic mass is 10.1. The number of aliphatic hydroxyl groups excluding tert-OH is 1. The van der Waals surface area contributed by atoms with E-state index in [2.05, 4.69) is 0 Å². The fourth-order valence-corrected chi connectivity index (χ4v) is 2.34. The van der Waals surface area contributed by atoms with Crippen LogP contribution in [0.5, 0.6) is 5.75 Å². The molecule has 2 rings (SSSR count). The lowest BCUT2D eigenvalue weighted by Crippen LogP contribution is -2.46. The molecule has 2 aromatic carbocycles. The number of carbonyl (C=O) groups is 1. The zero-order valence-electron chi connectivity index (χ0n) is 12.9. The number of carbonyl (C=O) groups excluding carboxylic acids is 1. The Hall–Kier alpha value is -2.27. The zero-order chi connectivity index (χ0) is 16.1. The van der Waals surface area contributed by atoms with Crippen molar-refractivity contribution in [1.29, 1.82) is 0 Å². The molecule has 0 aliphatic rings. The molecule has 0 radical (unpaired) electrons. The van der Waals surface area contributed by atoms with Gasteiger partial charge in [0.05, 0.1) is 6.54 Å². The van der Waals surface area contributed by atoms with E-state index in [1.807, 2.05) is 56.3 Å². The molecule has 0 fully saturated rings. The van der Waals surface area contributed by atoms with Crippen molar-refractivity contribution >= 4 is 16.8 Å². The predicted octanol–water partition coefficient (Wildman–Crippen LogP) is 2.37. The van der Waals surface area contributed by atoms with Gasteiger partial charge >= 0.3 is 6.03 Å². The van der Waals surface area contributed by atoms with Gasteiger partial charge in [-0.15, -0.1) is 0 Å². The van der Waals surface area contributed by atoms with Gasteiger partial charge in [0, 0.05) is 11.4 Å². The van der Waals surface area contributed by atoms with Crippen LogP contribution in [0.3, 0.4) is 0 Å². The van der Waals surface area contributed by atoms with Crippen molar-refractivity contribution in [3.8, 4) is 5.75 Å². The van der Waals surface area contributed by atoms with E-state index >= 15 is 0 Å². The summed E-state index contributed by atoms with van der Waals surface area (Å²) in [5.74, 6) is 0.715. The Kier molecular flexibility index (Phi) is 5.22. The highest BCUT2D eigenvalue weighted by Gasteiger charge is 2.18. The van der Waals surface area contributed by atoms with Crippen molar-refractivity contribution in [2.24, 2.45) is 5.73 Å². The Morgan fingerprint density at radius 2 is 1.91 bits per heavy atom. The molecule has 2 aromatic rings. The molecular formula is C17H22N2O3. The van der Waals surface area contributed by atoms with Gasteiger partial charge in [-0.2, -0.15) is 0 Å². The second-order valence-electron chi connectivity index (χ2n) is 5.53. The summed E-state index contributed by atoms with van der Waals surface area (Å²) < 4.78 is 5.71. The average molecular weight is 302 g/mol. The summed E-state index contributed by atoms with van der Waals surface area (Å²) in [5.41, 5.74) is 5.30. The normalized spacial score (nSPS) is 12.4. The van der Waals surface area contributed by atoms with E-state index in [1.54, 1.807) is 0 Å². The lowest BCUT2D eigenvalue weighted by molar-refractivity contribution is 0.0714. The van der Waals surface area contributed by atoms with Crippen molar-refractivity contribution in [1.82, 2.24) is 4.90 Å². The van der Waals surface area contributed by atoms with Gasteiger partial charge in [0.1, 0.15) is 18.5 Å². The van der Waals surface area contributed by atoms with Gasteiger partial charge < -0.3 is 20.5 Å². The van der Waals surface area contributed by atoms with Crippen LogP contribution in [-0.4, -0.2) is 41.3 Å². The van der Waals surface area contributed by atoms with Gasteiger partial charge in [0.25, 0.3) is 0 Å². The number of ether oxygens (including phenoxy) is 1. The van der Waals surface area contributed by atoms with Crippen LogP contribution < -0.4 is 10.5 Å². The van der Waals surface area contributed by atoms with E-state index in [0.717, 1.165) is 10.8 Å². The minimum atomic E-state index is -0.797. The van der Waals surface area contributed by atoms with Crippen molar-refractivity contribution < 1.29 is 14.6 Å². The third-order valence-electron chi connectivity index (χ3n) is 3.49. The summed E-state index contributed by atoms with van der Waals surface area (Å²) in [6.07, 6.45) is -0.797. The van der Waals surface area contributed by atoms with E-state index in [0.29, 0.717) is 5.75 Å². The van der Waals surface area contributed by atoms with E-state index < -0.39 is 12.1 Å². The maximum Gasteiger partial charge on any atom is 0.315 e. The molecule has 0 heterocycles. The quantitative estimate of drug-likeness (QED) is 0.860. The molecule has 0 saturated carbocycles. The fraction of sp³-hybridized carbons (Fsp3) is 0.353. The van der Waals surface area contributed by atoms with Gasteiger partial charge in [-0.1, -0.05) is 36.4 Å². The lowest BCUT2D eigenvalue weighted by Gasteiger charge is -2.27. The van der Waals surface area contributed by atoms with Gasteiger partial charge in [0.15, 0.2) is 0 Å². The number of hydrogen-bond donors (Lipinski definition) is 2. The molecule has 1 unspecified atom stereocenters. The number of benzene rings is 2. The summed E-state index contributed by atoms with van der Waals surface area (Å²) in [7, 11) is 0. The third-order valence-corrected chi connectivity index (χ3v) is 3.49. The van der Waals surface area contributed by atoms with Gasteiger partial charge in [0.2, 0.25) is 0 Å². The summed E-state index contributed by atoms with van der Waals surface area (Å²) in [4.78, 5) is 12.7. The van der Waals surface area contributed by atoms with Gasteiger partial charge in [-0.05, 0) is 25.3 Å². The van der Waals surface area contributed by atoms with Crippen LogP contribution >= 0.6 is 0 Å². The number of primary amides is 1. The SMILES string of the molecule is CC(C)N(CC(O)COc1cccc2ccccc12)C(N)=O. The highest BCUT2D eigenvalue weighted by atomic mass is 16.5. The van der Waals surface area contributed by atoms with Crippen LogP contribution in [0.1, 0.15) is 13.8 Å². The van der Waals surface area contributed by atoms with Crippen LogP contribution in [0.25, 0.3) is 10.8 Å². The molecule has 0 aliphatic heterocycles. The van der Waals surface area contributed by atoms with Crippen molar-refractivity contribution in [2.45, 2.75) is 26.0 Å². The molecular weight excluding hydrogens is 280 g/mol. The first-order valence-electron chi connectivity index (χ1n) is 7.33. The molecule has 0 spiro atoms. The standard InChI is InChI=1S/C17H22N2O3/c1-12(2)19(17(18)21)10-14(20)11-22-16-9-5-7-13-6-3-4-8-15(13)16/h3-9,12,14,20H,10-11H2,1-2H3,(H2,18,21). The summed E-state index contributed by atoms with van der Waals surface area (Å²) in [6, 6.07) is 13.1. The molecule has 0 bridgehead atoms. The molecule has 1 atom stereocenters. The Balaban J connectivity index is 2.01. The minimum Gasteiger partial charge on any atom is -0.490 e. The van der Waals surface area contributed by atoms with Crippen LogP contribution in [0.2, 0.25) is 0 Å². The van der Waals surface area contributed by atoms with Crippen LogP contribution in [-0.2, 0) is 0 Å². The van der Waals surface area contributed by atoms with Crippen molar-refractivity contribution in [3.63, 3.8) is 0 Å². The van der Waals surface area contributed by atoms with Crippen LogP contribution in [0.4, 0.5) is 4.79 Å². The molecule has 118 valence electrons. The minimum absolute atomic E-state index is 0.0651. The molecule has 2 amide bonds. The van der Waals surface area contributed by atoms with Gasteiger partial charge in [-0.3, -0.25) is 0 Å². The Morgan fingerprint density at radius 1 is 1.23 bits per heavy atom. The third kappa shape index (κ3) is 3.89. The number of nitrogens with two attached hydrogens (primary N) is 1. The van der Waals surface area contributed by atoms with Gasteiger partial charge in [-0.25, -0.2) is 4.79 Å². The number of hydrogen-bond acceptors (Lipinski definition) is 3. The molecule has 0 aliphatic carbocycles. The largest absolute Gasteiger partial charge is 0.490 e. The van der Waals surface area contributed by atoms with E-state index in [-0.39, 0.29) is 19.2 Å². The second kappa shape index (κ2) is 7.13. The number of aliphatic hydroxyl groups is 1. The van der Waals surface area contributed by atoms with Crippen molar-refractivity contribution in [2.75, 3.05) is 13.2 Å². The molecule has 0 saturated heterocycles. The zero-order valence-corrected chi connectivity index (χ0v) is 12.9. The number of urea groups is 1.